The highest BCUT2D eigenvalue weighted by Crippen LogP contribution is 2.23. The van der Waals surface area contributed by atoms with Gasteiger partial charge in [-0.25, -0.2) is 4.98 Å². The number of hydrogen-bond donors (Lipinski definition) is 1. The zero-order chi connectivity index (χ0) is 18.8. The van der Waals surface area contributed by atoms with Crippen molar-refractivity contribution in [1.82, 2.24) is 19.8 Å². The second kappa shape index (κ2) is 7.84. The van der Waals surface area contributed by atoms with Crippen LogP contribution < -0.4 is 5.32 Å². The summed E-state index contributed by atoms with van der Waals surface area (Å²) in [6, 6.07) is 3.35. The fourth-order valence-corrected chi connectivity index (χ4v) is 4.92. The number of carbonyl (C=O) groups excluding carboxylic acids is 2. The number of nitrogens with one attached hydrogen (secondary N) is 1. The van der Waals surface area contributed by atoms with Gasteiger partial charge in [-0.3, -0.25) is 9.59 Å². The number of rotatable bonds is 5. The van der Waals surface area contributed by atoms with Gasteiger partial charge in [0.2, 0.25) is 5.91 Å². The standard InChI is InChI=1S/C20H26N4O2S/c1-14-15(23-11-3-2-8-18(23)22-14)9-10-21-19(25)16-6-4-12-24(16)20(26)17-7-5-13-27-17/h5,7,13,16H,2-4,6,8-12H2,1H3,(H,21,25). The Morgan fingerprint density at radius 3 is 3.00 bits per heavy atom. The number of aryl methyl sites for hydroxylation is 2. The summed E-state index contributed by atoms with van der Waals surface area (Å²) in [5.74, 6) is 1.13. The molecule has 2 aromatic heterocycles. The summed E-state index contributed by atoms with van der Waals surface area (Å²) in [6.07, 6.45) is 5.87. The molecule has 6 nitrogen and oxygen atoms in total. The molecule has 1 N–H and O–H groups in total. The number of thiophene rings is 1. The van der Waals surface area contributed by atoms with Crippen molar-refractivity contribution in [3.05, 3.63) is 39.6 Å². The first-order valence-electron chi connectivity index (χ1n) is 9.82. The van der Waals surface area contributed by atoms with Crippen LogP contribution in [0.1, 0.15) is 52.6 Å². The van der Waals surface area contributed by atoms with Gasteiger partial charge >= 0.3 is 0 Å². The fourth-order valence-electron chi connectivity index (χ4n) is 4.24. The summed E-state index contributed by atoms with van der Waals surface area (Å²) in [5, 5.41) is 4.95. The maximum Gasteiger partial charge on any atom is 0.264 e. The quantitative estimate of drug-likeness (QED) is 0.859. The van der Waals surface area contributed by atoms with Crippen LogP contribution in [0.15, 0.2) is 17.5 Å². The lowest BCUT2D eigenvalue weighted by Crippen LogP contribution is -2.46. The lowest BCUT2D eigenvalue weighted by Gasteiger charge is -2.23. The molecule has 2 aromatic rings. The van der Waals surface area contributed by atoms with Crippen molar-refractivity contribution in [1.29, 1.82) is 0 Å². The molecule has 1 saturated heterocycles. The number of fused-ring (bicyclic) bond motifs is 1. The number of imidazole rings is 1. The van der Waals surface area contributed by atoms with E-state index in [-0.39, 0.29) is 17.9 Å². The highest BCUT2D eigenvalue weighted by atomic mass is 32.1. The molecule has 0 bridgehead atoms. The van der Waals surface area contributed by atoms with E-state index >= 15 is 0 Å². The van der Waals surface area contributed by atoms with Crippen molar-refractivity contribution in [2.75, 3.05) is 13.1 Å². The Labute approximate surface area is 163 Å². The van der Waals surface area contributed by atoms with E-state index in [0.29, 0.717) is 18.0 Å². The molecule has 0 aromatic carbocycles. The molecule has 1 atom stereocenters. The Morgan fingerprint density at radius 1 is 1.30 bits per heavy atom. The van der Waals surface area contributed by atoms with Crippen molar-refractivity contribution in [2.24, 2.45) is 0 Å². The fraction of sp³-hybridized carbons (Fsp3) is 0.550. The van der Waals surface area contributed by atoms with Crippen LogP contribution in [0.4, 0.5) is 0 Å². The van der Waals surface area contributed by atoms with Gasteiger partial charge in [0, 0.05) is 38.2 Å². The summed E-state index contributed by atoms with van der Waals surface area (Å²) in [5.41, 5.74) is 2.32. The van der Waals surface area contributed by atoms with Gasteiger partial charge < -0.3 is 14.8 Å². The Kier molecular flexibility index (Phi) is 5.29. The van der Waals surface area contributed by atoms with Gasteiger partial charge in [0.15, 0.2) is 0 Å². The lowest BCUT2D eigenvalue weighted by atomic mass is 10.1. The SMILES string of the molecule is Cc1nc2n(c1CCNC(=O)C1CCCN1C(=O)c1cccs1)CCCC2. The monoisotopic (exact) mass is 386 g/mol. The lowest BCUT2D eigenvalue weighted by molar-refractivity contribution is -0.124. The van der Waals surface area contributed by atoms with E-state index in [4.69, 9.17) is 0 Å². The second-order valence-corrected chi connectivity index (χ2v) is 8.29. The van der Waals surface area contributed by atoms with E-state index < -0.39 is 0 Å². The van der Waals surface area contributed by atoms with Crippen molar-refractivity contribution in [3.63, 3.8) is 0 Å². The van der Waals surface area contributed by atoms with Crippen LogP contribution >= 0.6 is 11.3 Å². The summed E-state index contributed by atoms with van der Waals surface area (Å²) in [4.78, 5) is 32.5. The number of carbonyl (C=O) groups is 2. The number of amides is 2. The molecule has 0 radical (unpaired) electrons. The average molecular weight is 387 g/mol. The molecule has 4 heterocycles. The number of likely N-dealkylation sites (tertiary alicyclic amines) is 1. The molecule has 2 aliphatic heterocycles. The molecule has 7 heteroatoms. The average Bonchev–Trinajstić information content (AvgIpc) is 3.41. The van der Waals surface area contributed by atoms with Crippen LogP contribution in [0, 0.1) is 6.92 Å². The maximum atomic E-state index is 12.7. The molecular weight excluding hydrogens is 360 g/mol. The van der Waals surface area contributed by atoms with Crippen LogP contribution in [0.25, 0.3) is 0 Å². The van der Waals surface area contributed by atoms with Gasteiger partial charge in [-0.05, 0) is 44.1 Å². The number of hydrogen-bond acceptors (Lipinski definition) is 4. The third-order valence-corrected chi connectivity index (χ3v) is 6.45. The van der Waals surface area contributed by atoms with Gasteiger partial charge in [0.25, 0.3) is 5.91 Å². The van der Waals surface area contributed by atoms with Gasteiger partial charge in [-0.2, -0.15) is 0 Å². The molecule has 144 valence electrons. The molecular formula is C20H26N4O2S. The zero-order valence-electron chi connectivity index (χ0n) is 15.7. The predicted molar refractivity (Wildman–Crippen MR) is 105 cm³/mol. The second-order valence-electron chi connectivity index (χ2n) is 7.34. The minimum absolute atomic E-state index is 0.0247. The number of aromatic nitrogens is 2. The Hall–Kier alpha value is -2.15. The van der Waals surface area contributed by atoms with Crippen LogP contribution in [-0.4, -0.2) is 45.4 Å². The van der Waals surface area contributed by atoms with Crippen molar-refractivity contribution in [3.8, 4) is 0 Å². The van der Waals surface area contributed by atoms with Crippen LogP contribution in [0.2, 0.25) is 0 Å². The third-order valence-electron chi connectivity index (χ3n) is 5.59. The molecule has 27 heavy (non-hydrogen) atoms. The third kappa shape index (κ3) is 3.65. The summed E-state index contributed by atoms with van der Waals surface area (Å²) in [6.45, 7) is 4.33. The van der Waals surface area contributed by atoms with E-state index in [9.17, 15) is 9.59 Å². The first kappa shape index (κ1) is 18.2. The molecule has 4 rings (SSSR count). The van der Waals surface area contributed by atoms with E-state index in [1.54, 1.807) is 4.90 Å². The van der Waals surface area contributed by atoms with Gasteiger partial charge in [0.1, 0.15) is 11.9 Å². The van der Waals surface area contributed by atoms with Gasteiger partial charge in [-0.15, -0.1) is 11.3 Å². The number of nitrogens with zero attached hydrogens (tertiary/aromatic N) is 3. The Bertz CT molecular complexity index is 827. The van der Waals surface area contributed by atoms with Crippen molar-refractivity contribution >= 4 is 23.2 Å². The van der Waals surface area contributed by atoms with Gasteiger partial charge in [0.05, 0.1) is 10.6 Å². The summed E-state index contributed by atoms with van der Waals surface area (Å²) < 4.78 is 2.33. The van der Waals surface area contributed by atoms with E-state index in [2.05, 4.69) is 21.8 Å². The predicted octanol–water partition coefficient (Wildman–Crippen LogP) is 2.55. The molecule has 1 unspecified atom stereocenters. The Balaban J connectivity index is 1.35. The molecule has 2 amide bonds. The first-order chi connectivity index (χ1) is 13.1. The normalized spacial score (nSPS) is 19.1. The first-order valence-corrected chi connectivity index (χ1v) is 10.7. The largest absolute Gasteiger partial charge is 0.354 e. The molecule has 1 fully saturated rings. The van der Waals surface area contributed by atoms with Crippen LogP contribution in [0.5, 0.6) is 0 Å². The smallest absolute Gasteiger partial charge is 0.264 e. The van der Waals surface area contributed by atoms with E-state index in [1.165, 1.54) is 35.7 Å². The van der Waals surface area contributed by atoms with Crippen molar-refractivity contribution in [2.45, 2.75) is 58.0 Å². The Morgan fingerprint density at radius 2 is 2.19 bits per heavy atom. The topological polar surface area (TPSA) is 67.2 Å². The highest BCUT2D eigenvalue weighted by Gasteiger charge is 2.34. The van der Waals surface area contributed by atoms with E-state index in [1.807, 2.05) is 17.5 Å². The summed E-state index contributed by atoms with van der Waals surface area (Å²) >= 11 is 1.43. The van der Waals surface area contributed by atoms with E-state index in [0.717, 1.165) is 37.9 Å². The molecule has 0 spiro atoms. The highest BCUT2D eigenvalue weighted by molar-refractivity contribution is 7.12. The minimum atomic E-state index is -0.347. The maximum absolute atomic E-state index is 12.7. The summed E-state index contributed by atoms with van der Waals surface area (Å²) in [7, 11) is 0. The van der Waals surface area contributed by atoms with Crippen LogP contribution in [0.3, 0.4) is 0 Å². The van der Waals surface area contributed by atoms with Crippen molar-refractivity contribution < 1.29 is 9.59 Å². The molecule has 0 saturated carbocycles. The molecule has 0 aliphatic carbocycles. The van der Waals surface area contributed by atoms with Gasteiger partial charge in [-0.1, -0.05) is 6.07 Å². The molecule has 2 aliphatic rings. The minimum Gasteiger partial charge on any atom is -0.354 e. The van der Waals surface area contributed by atoms with Crippen LogP contribution in [-0.2, 0) is 24.2 Å². The zero-order valence-corrected chi connectivity index (χ0v) is 16.6.